The molecule has 0 radical (unpaired) electrons. The number of rotatable bonds is 2. The highest BCUT2D eigenvalue weighted by Gasteiger charge is 2.14. The van der Waals surface area contributed by atoms with Crippen molar-refractivity contribution in [2.75, 3.05) is 0 Å². The summed E-state index contributed by atoms with van der Waals surface area (Å²) >= 11 is 10.1. The summed E-state index contributed by atoms with van der Waals surface area (Å²) in [6.07, 6.45) is 1.35. The van der Waals surface area contributed by atoms with Gasteiger partial charge in [0.05, 0.1) is 11.9 Å². The highest BCUT2D eigenvalue weighted by atomic mass is 79.9. The molecule has 0 bridgehead atoms. The molecule has 0 aliphatic rings. The topological polar surface area (TPSA) is 68.0 Å². The van der Waals surface area contributed by atoms with Crippen molar-refractivity contribution in [1.29, 1.82) is 0 Å². The maximum Gasteiger partial charge on any atom is 0.358 e. The number of aromatic nitrogens is 3. The van der Waals surface area contributed by atoms with Gasteiger partial charge in [-0.15, -0.1) is 5.10 Å². The molecule has 0 fully saturated rings. The first-order chi connectivity index (χ1) is 7.99. The van der Waals surface area contributed by atoms with Gasteiger partial charge in [0.2, 0.25) is 0 Å². The molecule has 0 unspecified atom stereocenters. The van der Waals surface area contributed by atoms with Crippen molar-refractivity contribution in [3.8, 4) is 5.69 Å². The second kappa shape index (κ2) is 4.87. The fraction of sp³-hybridized carbons (Fsp3) is 0. The Morgan fingerprint density at radius 1 is 1.24 bits per heavy atom. The molecular formula is C9H4Br3N3O2. The summed E-state index contributed by atoms with van der Waals surface area (Å²) in [4.78, 5) is 10.7. The molecule has 1 aromatic heterocycles. The molecule has 0 saturated heterocycles. The lowest BCUT2D eigenvalue weighted by molar-refractivity contribution is 0.0690. The van der Waals surface area contributed by atoms with Gasteiger partial charge in [-0.05, 0) is 44.0 Å². The minimum atomic E-state index is -1.11. The number of carboxylic acids is 1. The minimum Gasteiger partial charge on any atom is -0.476 e. The van der Waals surface area contributed by atoms with E-state index in [-0.39, 0.29) is 5.69 Å². The van der Waals surface area contributed by atoms with Gasteiger partial charge < -0.3 is 5.11 Å². The van der Waals surface area contributed by atoms with E-state index in [1.807, 2.05) is 12.1 Å². The van der Waals surface area contributed by atoms with Crippen LogP contribution >= 0.6 is 47.8 Å². The zero-order valence-corrected chi connectivity index (χ0v) is 12.8. The van der Waals surface area contributed by atoms with Crippen LogP contribution in [0.4, 0.5) is 0 Å². The van der Waals surface area contributed by atoms with Gasteiger partial charge in [0.25, 0.3) is 0 Å². The Labute approximate surface area is 121 Å². The van der Waals surface area contributed by atoms with Crippen LogP contribution in [0, 0.1) is 0 Å². The SMILES string of the molecule is O=C(O)c1cn(-c2c(Br)cc(Br)cc2Br)nn1. The summed E-state index contributed by atoms with van der Waals surface area (Å²) in [5.41, 5.74) is 0.583. The monoisotopic (exact) mass is 423 g/mol. The lowest BCUT2D eigenvalue weighted by Crippen LogP contribution is -1.98. The number of carboxylic acid groups (broad SMARTS) is 1. The average Bonchev–Trinajstić information content (AvgIpc) is 2.65. The highest BCUT2D eigenvalue weighted by molar-refractivity contribution is 9.11. The summed E-state index contributed by atoms with van der Waals surface area (Å²) in [6, 6.07) is 3.67. The van der Waals surface area contributed by atoms with Crippen molar-refractivity contribution in [3.05, 3.63) is 37.4 Å². The Morgan fingerprint density at radius 2 is 1.82 bits per heavy atom. The fourth-order valence-electron chi connectivity index (χ4n) is 1.22. The van der Waals surface area contributed by atoms with Crippen LogP contribution in [0.15, 0.2) is 31.7 Å². The smallest absolute Gasteiger partial charge is 0.358 e. The van der Waals surface area contributed by atoms with Gasteiger partial charge in [0.15, 0.2) is 5.69 Å². The molecular weight excluding hydrogens is 422 g/mol. The molecule has 0 atom stereocenters. The molecule has 8 heteroatoms. The maximum absolute atomic E-state index is 10.7. The van der Waals surface area contributed by atoms with Gasteiger partial charge in [-0.2, -0.15) is 0 Å². The Hall–Kier alpha value is -0.730. The van der Waals surface area contributed by atoms with E-state index in [4.69, 9.17) is 5.11 Å². The first kappa shape index (κ1) is 12.7. The fourth-order valence-corrected chi connectivity index (χ4v) is 3.85. The number of halogens is 3. The summed E-state index contributed by atoms with van der Waals surface area (Å²) in [5.74, 6) is -1.11. The molecule has 0 spiro atoms. The number of benzene rings is 1. The van der Waals surface area contributed by atoms with Crippen LogP contribution < -0.4 is 0 Å². The van der Waals surface area contributed by atoms with E-state index in [0.717, 1.165) is 13.4 Å². The second-order valence-electron chi connectivity index (χ2n) is 3.07. The molecule has 5 nitrogen and oxygen atoms in total. The van der Waals surface area contributed by atoms with Gasteiger partial charge in [-0.25, -0.2) is 9.48 Å². The number of aromatic carboxylic acids is 1. The lowest BCUT2D eigenvalue weighted by atomic mass is 10.3. The number of hydrogen-bond acceptors (Lipinski definition) is 3. The van der Waals surface area contributed by atoms with E-state index in [2.05, 4.69) is 58.1 Å². The third-order valence-corrected chi connectivity index (χ3v) is 3.59. The number of nitrogens with zero attached hydrogens (tertiary/aromatic N) is 3. The summed E-state index contributed by atoms with van der Waals surface area (Å²) in [6.45, 7) is 0. The maximum atomic E-state index is 10.7. The molecule has 0 aliphatic heterocycles. The van der Waals surface area contributed by atoms with Crippen LogP contribution in [0.5, 0.6) is 0 Å². The molecule has 2 rings (SSSR count). The Balaban J connectivity index is 2.56. The zero-order chi connectivity index (χ0) is 12.6. The molecule has 1 N–H and O–H groups in total. The van der Waals surface area contributed by atoms with Crippen molar-refractivity contribution in [3.63, 3.8) is 0 Å². The first-order valence-electron chi connectivity index (χ1n) is 4.29. The third kappa shape index (κ3) is 2.58. The first-order valence-corrected chi connectivity index (χ1v) is 6.67. The predicted octanol–water partition coefficient (Wildman–Crippen LogP) is 3.25. The van der Waals surface area contributed by atoms with Crippen LogP contribution in [0.2, 0.25) is 0 Å². The van der Waals surface area contributed by atoms with Gasteiger partial charge >= 0.3 is 5.97 Å². The summed E-state index contributed by atoms with van der Waals surface area (Å²) in [5, 5.41) is 16.1. The minimum absolute atomic E-state index is 0.105. The molecule has 2 aromatic rings. The van der Waals surface area contributed by atoms with Gasteiger partial charge in [0.1, 0.15) is 0 Å². The van der Waals surface area contributed by atoms with Gasteiger partial charge in [0, 0.05) is 13.4 Å². The van der Waals surface area contributed by atoms with Crippen molar-refractivity contribution in [1.82, 2.24) is 15.0 Å². The average molecular weight is 426 g/mol. The van der Waals surface area contributed by atoms with Crippen molar-refractivity contribution in [2.24, 2.45) is 0 Å². The summed E-state index contributed by atoms with van der Waals surface area (Å²) < 4.78 is 3.81. The van der Waals surface area contributed by atoms with E-state index in [9.17, 15) is 4.79 Å². The predicted molar refractivity (Wildman–Crippen MR) is 71.4 cm³/mol. The Kier molecular flexibility index (Phi) is 3.64. The molecule has 1 aromatic carbocycles. The normalized spacial score (nSPS) is 10.5. The highest BCUT2D eigenvalue weighted by Crippen LogP contribution is 2.32. The lowest BCUT2D eigenvalue weighted by Gasteiger charge is -2.06. The van der Waals surface area contributed by atoms with Crippen molar-refractivity contribution >= 4 is 53.8 Å². The van der Waals surface area contributed by atoms with E-state index >= 15 is 0 Å². The van der Waals surface area contributed by atoms with Crippen LogP contribution in [0.3, 0.4) is 0 Å². The molecule has 1 heterocycles. The largest absolute Gasteiger partial charge is 0.476 e. The Bertz CT molecular complexity index is 574. The number of hydrogen-bond donors (Lipinski definition) is 1. The van der Waals surface area contributed by atoms with Crippen molar-refractivity contribution < 1.29 is 9.90 Å². The standard InChI is InChI=1S/C9H4Br3N3O2/c10-4-1-5(11)8(6(12)2-4)15-3-7(9(16)17)13-14-15/h1-3H,(H,16,17). The quantitative estimate of drug-likeness (QED) is 0.802. The number of carbonyl (C=O) groups is 1. The van der Waals surface area contributed by atoms with Crippen LogP contribution in [-0.4, -0.2) is 26.1 Å². The molecule has 0 saturated carbocycles. The van der Waals surface area contributed by atoms with Crippen LogP contribution in [0.1, 0.15) is 10.5 Å². The molecule has 88 valence electrons. The molecule has 0 amide bonds. The molecule has 17 heavy (non-hydrogen) atoms. The van der Waals surface area contributed by atoms with Gasteiger partial charge in [-0.1, -0.05) is 21.1 Å². The molecule has 0 aliphatic carbocycles. The van der Waals surface area contributed by atoms with E-state index in [1.165, 1.54) is 10.9 Å². The second-order valence-corrected chi connectivity index (χ2v) is 5.70. The van der Waals surface area contributed by atoms with Gasteiger partial charge in [-0.3, -0.25) is 0 Å². The van der Waals surface area contributed by atoms with E-state index in [1.54, 1.807) is 0 Å². The summed E-state index contributed by atoms with van der Waals surface area (Å²) in [7, 11) is 0. The van der Waals surface area contributed by atoms with Crippen molar-refractivity contribution in [2.45, 2.75) is 0 Å². The van der Waals surface area contributed by atoms with Crippen LogP contribution in [-0.2, 0) is 0 Å². The van der Waals surface area contributed by atoms with E-state index < -0.39 is 5.97 Å². The third-order valence-electron chi connectivity index (χ3n) is 1.92. The van der Waals surface area contributed by atoms with E-state index in [0.29, 0.717) is 5.69 Å². The zero-order valence-electron chi connectivity index (χ0n) is 8.06. The van der Waals surface area contributed by atoms with Crippen LogP contribution in [0.25, 0.3) is 5.69 Å². The Morgan fingerprint density at radius 3 is 2.29 bits per heavy atom.